The number of nitro groups is 1. The molecule has 0 heterocycles. The average molecular weight is 285 g/mol. The Morgan fingerprint density at radius 2 is 2.16 bits per heavy atom. The zero-order valence-electron chi connectivity index (χ0n) is 10.9. The number of nitro benzene ring substituents is 1. The van der Waals surface area contributed by atoms with Gasteiger partial charge in [0, 0.05) is 5.75 Å². The van der Waals surface area contributed by atoms with E-state index in [0.717, 1.165) is 0 Å². The molecule has 1 aromatic carbocycles. The number of carbonyl (C=O) groups excluding carboxylic acids is 1. The first-order valence-corrected chi connectivity index (χ1v) is 6.51. The SMILES string of the molecule is COC(=O)C(C)CSc1cccc(OC)c1[N+](=O)[O-]. The van der Waals surface area contributed by atoms with E-state index in [0.29, 0.717) is 10.6 Å². The number of carbonyl (C=O) groups is 1. The molecule has 1 aromatic rings. The predicted octanol–water partition coefficient (Wildman–Crippen LogP) is 2.50. The number of rotatable bonds is 6. The van der Waals surface area contributed by atoms with E-state index in [2.05, 4.69) is 4.74 Å². The minimum atomic E-state index is -0.482. The fourth-order valence-electron chi connectivity index (χ4n) is 1.45. The van der Waals surface area contributed by atoms with Crippen molar-refractivity contribution in [2.45, 2.75) is 11.8 Å². The summed E-state index contributed by atoms with van der Waals surface area (Å²) in [6.45, 7) is 1.71. The topological polar surface area (TPSA) is 78.7 Å². The molecule has 0 saturated carbocycles. The first-order chi connectivity index (χ1) is 9.01. The second kappa shape index (κ2) is 6.98. The Bertz CT molecular complexity index is 477. The molecule has 1 rings (SSSR count). The van der Waals surface area contributed by atoms with E-state index >= 15 is 0 Å². The van der Waals surface area contributed by atoms with Crippen molar-refractivity contribution in [3.63, 3.8) is 0 Å². The van der Waals surface area contributed by atoms with Crippen LogP contribution < -0.4 is 4.74 Å². The molecule has 104 valence electrons. The fraction of sp³-hybridized carbons (Fsp3) is 0.417. The van der Waals surface area contributed by atoms with Crippen LogP contribution in [0.3, 0.4) is 0 Å². The lowest BCUT2D eigenvalue weighted by molar-refractivity contribution is -0.388. The van der Waals surface area contributed by atoms with E-state index in [1.165, 1.54) is 32.0 Å². The van der Waals surface area contributed by atoms with Crippen molar-refractivity contribution in [3.8, 4) is 5.75 Å². The predicted molar refractivity (Wildman–Crippen MR) is 71.6 cm³/mol. The molecule has 6 nitrogen and oxygen atoms in total. The Labute approximate surface area is 115 Å². The molecule has 0 N–H and O–H groups in total. The number of hydrogen-bond donors (Lipinski definition) is 0. The number of hydrogen-bond acceptors (Lipinski definition) is 6. The minimum absolute atomic E-state index is 0.0768. The maximum Gasteiger partial charge on any atom is 0.324 e. The van der Waals surface area contributed by atoms with Crippen LogP contribution in [-0.2, 0) is 9.53 Å². The molecular weight excluding hydrogens is 270 g/mol. The second-order valence-electron chi connectivity index (χ2n) is 3.80. The number of nitrogens with zero attached hydrogens (tertiary/aromatic N) is 1. The summed E-state index contributed by atoms with van der Waals surface area (Å²) in [4.78, 5) is 22.3. The first kappa shape index (κ1) is 15.3. The Kier molecular flexibility index (Phi) is 5.62. The van der Waals surface area contributed by atoms with Gasteiger partial charge >= 0.3 is 11.7 Å². The molecule has 1 unspecified atom stereocenters. The van der Waals surface area contributed by atoms with Gasteiger partial charge in [0.05, 0.1) is 30.0 Å². The standard InChI is InChI=1S/C12H15NO5S/c1-8(12(14)18-3)7-19-10-6-4-5-9(17-2)11(10)13(15)16/h4-6,8H,7H2,1-3H3. The van der Waals surface area contributed by atoms with Crippen LogP contribution in [0.5, 0.6) is 5.75 Å². The summed E-state index contributed by atoms with van der Waals surface area (Å²) in [6.07, 6.45) is 0. The molecule has 0 aliphatic carbocycles. The van der Waals surface area contributed by atoms with Gasteiger partial charge in [0.25, 0.3) is 0 Å². The molecule has 0 amide bonds. The molecular formula is C12H15NO5S. The number of methoxy groups -OCH3 is 2. The molecule has 0 radical (unpaired) electrons. The maximum absolute atomic E-state index is 11.3. The highest BCUT2D eigenvalue weighted by atomic mass is 32.2. The molecule has 0 saturated heterocycles. The van der Waals surface area contributed by atoms with Gasteiger partial charge in [0.15, 0.2) is 5.75 Å². The van der Waals surface area contributed by atoms with E-state index in [4.69, 9.17) is 4.74 Å². The van der Waals surface area contributed by atoms with Gasteiger partial charge < -0.3 is 9.47 Å². The quantitative estimate of drug-likeness (QED) is 0.346. The van der Waals surface area contributed by atoms with Crippen molar-refractivity contribution >= 4 is 23.4 Å². The number of esters is 1. The summed E-state index contributed by atoms with van der Waals surface area (Å²) < 4.78 is 9.59. The van der Waals surface area contributed by atoms with E-state index in [9.17, 15) is 14.9 Å². The third kappa shape index (κ3) is 3.85. The molecule has 7 heteroatoms. The molecule has 0 aliphatic heterocycles. The largest absolute Gasteiger partial charge is 0.490 e. The molecule has 0 spiro atoms. The van der Waals surface area contributed by atoms with Gasteiger partial charge in [-0.05, 0) is 12.1 Å². The molecule has 0 aromatic heterocycles. The fourth-order valence-corrected chi connectivity index (χ4v) is 2.50. The highest BCUT2D eigenvalue weighted by Gasteiger charge is 2.22. The summed E-state index contributed by atoms with van der Waals surface area (Å²) in [5.41, 5.74) is -0.0768. The van der Waals surface area contributed by atoms with Gasteiger partial charge in [0.2, 0.25) is 0 Å². The maximum atomic E-state index is 11.3. The summed E-state index contributed by atoms with van der Waals surface area (Å²) in [5, 5.41) is 11.1. The smallest absolute Gasteiger partial charge is 0.324 e. The van der Waals surface area contributed by atoms with E-state index in [1.54, 1.807) is 19.1 Å². The lowest BCUT2D eigenvalue weighted by Gasteiger charge is -2.10. The summed E-state index contributed by atoms with van der Waals surface area (Å²) in [5.74, 6) is -0.0553. The van der Waals surface area contributed by atoms with Crippen LogP contribution in [0, 0.1) is 16.0 Å². The second-order valence-corrected chi connectivity index (χ2v) is 4.86. The van der Waals surface area contributed by atoms with Crippen LogP contribution in [0.1, 0.15) is 6.92 Å². The van der Waals surface area contributed by atoms with Crippen molar-refractivity contribution in [3.05, 3.63) is 28.3 Å². The highest BCUT2D eigenvalue weighted by molar-refractivity contribution is 7.99. The lowest BCUT2D eigenvalue weighted by Crippen LogP contribution is -2.14. The van der Waals surface area contributed by atoms with Crippen LogP contribution in [0.15, 0.2) is 23.1 Å². The number of thioether (sulfide) groups is 1. The van der Waals surface area contributed by atoms with Crippen LogP contribution in [0.4, 0.5) is 5.69 Å². The molecule has 1 atom stereocenters. The van der Waals surface area contributed by atoms with Gasteiger partial charge in [-0.2, -0.15) is 0 Å². The van der Waals surface area contributed by atoms with Crippen molar-refractivity contribution < 1.29 is 19.2 Å². The molecule has 0 bridgehead atoms. The van der Waals surface area contributed by atoms with Gasteiger partial charge in [-0.25, -0.2) is 0 Å². The van der Waals surface area contributed by atoms with Crippen molar-refractivity contribution in [2.24, 2.45) is 5.92 Å². The molecule has 0 aliphatic rings. The Balaban J connectivity index is 2.89. The Morgan fingerprint density at radius 1 is 1.47 bits per heavy atom. The monoisotopic (exact) mass is 285 g/mol. The zero-order chi connectivity index (χ0) is 14.4. The van der Waals surface area contributed by atoms with Crippen molar-refractivity contribution in [2.75, 3.05) is 20.0 Å². The molecule has 0 fully saturated rings. The Morgan fingerprint density at radius 3 is 2.68 bits per heavy atom. The van der Waals surface area contributed by atoms with Crippen LogP contribution in [0.2, 0.25) is 0 Å². The van der Waals surface area contributed by atoms with Gasteiger partial charge in [-0.3, -0.25) is 14.9 Å². The van der Waals surface area contributed by atoms with Crippen LogP contribution in [-0.4, -0.2) is 30.9 Å². The van der Waals surface area contributed by atoms with Crippen LogP contribution in [0.25, 0.3) is 0 Å². The van der Waals surface area contributed by atoms with Crippen LogP contribution >= 0.6 is 11.8 Å². The third-order valence-electron chi connectivity index (χ3n) is 2.46. The lowest BCUT2D eigenvalue weighted by atomic mass is 10.2. The molecule has 19 heavy (non-hydrogen) atoms. The normalized spacial score (nSPS) is 11.7. The summed E-state index contributed by atoms with van der Waals surface area (Å²) in [7, 11) is 2.70. The van der Waals surface area contributed by atoms with Crippen molar-refractivity contribution in [1.29, 1.82) is 0 Å². The first-order valence-electron chi connectivity index (χ1n) is 5.53. The average Bonchev–Trinajstić information content (AvgIpc) is 2.42. The van der Waals surface area contributed by atoms with E-state index in [1.807, 2.05) is 0 Å². The summed E-state index contributed by atoms with van der Waals surface area (Å²) in [6, 6.07) is 4.85. The third-order valence-corrected chi connectivity index (χ3v) is 3.76. The zero-order valence-corrected chi connectivity index (χ0v) is 11.7. The summed E-state index contributed by atoms with van der Waals surface area (Å²) >= 11 is 1.23. The van der Waals surface area contributed by atoms with E-state index < -0.39 is 4.92 Å². The van der Waals surface area contributed by atoms with Gasteiger partial charge in [-0.15, -0.1) is 11.8 Å². The highest BCUT2D eigenvalue weighted by Crippen LogP contribution is 2.37. The van der Waals surface area contributed by atoms with E-state index in [-0.39, 0.29) is 23.3 Å². The Hall–Kier alpha value is -1.76. The number of para-hydroxylation sites is 1. The van der Waals surface area contributed by atoms with Crippen molar-refractivity contribution in [1.82, 2.24) is 0 Å². The minimum Gasteiger partial charge on any atom is -0.490 e. The van der Waals surface area contributed by atoms with Gasteiger partial charge in [-0.1, -0.05) is 13.0 Å². The number of benzene rings is 1. The van der Waals surface area contributed by atoms with Gasteiger partial charge in [0.1, 0.15) is 0 Å². The number of ether oxygens (including phenoxy) is 2.